The lowest BCUT2D eigenvalue weighted by Crippen LogP contribution is -2.41. The summed E-state index contributed by atoms with van der Waals surface area (Å²) in [7, 11) is 0. The summed E-state index contributed by atoms with van der Waals surface area (Å²) in [6, 6.07) is 0.480. The molecule has 1 aliphatic carbocycles. The SMILES string of the molecule is NNC(CCC1CCCC1)C1CCOC1. The third-order valence-electron chi connectivity index (χ3n) is 4.11. The first-order valence-corrected chi connectivity index (χ1v) is 6.44. The molecule has 0 amide bonds. The fraction of sp³-hybridized carbons (Fsp3) is 1.00. The summed E-state index contributed by atoms with van der Waals surface area (Å²) in [5, 5.41) is 0. The van der Waals surface area contributed by atoms with Crippen LogP contribution in [-0.4, -0.2) is 19.3 Å². The van der Waals surface area contributed by atoms with Crippen LogP contribution in [0.15, 0.2) is 0 Å². The van der Waals surface area contributed by atoms with Gasteiger partial charge in [0.25, 0.3) is 0 Å². The van der Waals surface area contributed by atoms with E-state index in [2.05, 4.69) is 5.43 Å². The van der Waals surface area contributed by atoms with E-state index in [0.717, 1.165) is 19.1 Å². The van der Waals surface area contributed by atoms with Crippen LogP contribution in [0.5, 0.6) is 0 Å². The van der Waals surface area contributed by atoms with Crippen LogP contribution in [0.25, 0.3) is 0 Å². The normalized spacial score (nSPS) is 29.8. The molecule has 2 atom stereocenters. The average Bonchev–Trinajstić information content (AvgIpc) is 2.90. The highest BCUT2D eigenvalue weighted by atomic mass is 16.5. The summed E-state index contributed by atoms with van der Waals surface area (Å²) in [4.78, 5) is 0. The minimum Gasteiger partial charge on any atom is -0.381 e. The van der Waals surface area contributed by atoms with Crippen LogP contribution in [0.2, 0.25) is 0 Å². The number of ether oxygens (including phenoxy) is 1. The number of hydrazine groups is 1. The van der Waals surface area contributed by atoms with Crippen LogP contribution in [0.1, 0.15) is 44.9 Å². The maximum Gasteiger partial charge on any atom is 0.0510 e. The molecule has 1 saturated heterocycles. The predicted octanol–water partition coefficient (Wildman–Crippen LogP) is 1.83. The number of hydrogen-bond acceptors (Lipinski definition) is 3. The summed E-state index contributed by atoms with van der Waals surface area (Å²) in [6.45, 7) is 1.83. The van der Waals surface area contributed by atoms with Gasteiger partial charge in [-0.25, -0.2) is 0 Å². The van der Waals surface area contributed by atoms with E-state index >= 15 is 0 Å². The summed E-state index contributed by atoms with van der Waals surface area (Å²) in [6.07, 6.45) is 9.53. The lowest BCUT2D eigenvalue weighted by atomic mass is 9.91. The van der Waals surface area contributed by atoms with Gasteiger partial charge in [0, 0.05) is 18.6 Å². The van der Waals surface area contributed by atoms with E-state index in [9.17, 15) is 0 Å². The molecule has 1 heterocycles. The monoisotopic (exact) mass is 212 g/mol. The second kappa shape index (κ2) is 5.83. The molecule has 3 nitrogen and oxygen atoms in total. The van der Waals surface area contributed by atoms with Gasteiger partial charge in [-0.1, -0.05) is 25.7 Å². The van der Waals surface area contributed by atoms with E-state index in [1.807, 2.05) is 0 Å². The van der Waals surface area contributed by atoms with Crippen LogP contribution >= 0.6 is 0 Å². The molecule has 1 aliphatic heterocycles. The van der Waals surface area contributed by atoms with Gasteiger partial charge in [-0.3, -0.25) is 11.3 Å². The minimum atomic E-state index is 0.480. The topological polar surface area (TPSA) is 47.3 Å². The highest BCUT2D eigenvalue weighted by Gasteiger charge is 2.26. The lowest BCUT2D eigenvalue weighted by molar-refractivity contribution is 0.173. The molecule has 88 valence electrons. The van der Waals surface area contributed by atoms with Crippen LogP contribution in [-0.2, 0) is 4.74 Å². The molecule has 3 N–H and O–H groups in total. The highest BCUT2D eigenvalue weighted by molar-refractivity contribution is 4.79. The van der Waals surface area contributed by atoms with Crippen molar-refractivity contribution >= 4 is 0 Å². The Balaban J connectivity index is 1.69. The predicted molar refractivity (Wildman–Crippen MR) is 61.2 cm³/mol. The van der Waals surface area contributed by atoms with Crippen molar-refractivity contribution in [3.63, 3.8) is 0 Å². The van der Waals surface area contributed by atoms with Crippen molar-refractivity contribution in [1.29, 1.82) is 0 Å². The second-order valence-corrected chi connectivity index (χ2v) is 5.12. The maximum absolute atomic E-state index is 5.63. The van der Waals surface area contributed by atoms with E-state index in [4.69, 9.17) is 10.6 Å². The third-order valence-corrected chi connectivity index (χ3v) is 4.11. The van der Waals surface area contributed by atoms with Crippen LogP contribution in [0, 0.1) is 11.8 Å². The maximum atomic E-state index is 5.63. The van der Waals surface area contributed by atoms with E-state index in [1.54, 1.807) is 0 Å². The van der Waals surface area contributed by atoms with E-state index < -0.39 is 0 Å². The molecule has 0 aromatic heterocycles. The van der Waals surface area contributed by atoms with Gasteiger partial charge in [0.05, 0.1) is 6.61 Å². The van der Waals surface area contributed by atoms with Gasteiger partial charge in [-0.15, -0.1) is 0 Å². The molecule has 2 fully saturated rings. The Labute approximate surface area is 92.7 Å². The molecular weight excluding hydrogens is 188 g/mol. The molecule has 2 unspecified atom stereocenters. The van der Waals surface area contributed by atoms with Crippen LogP contribution < -0.4 is 11.3 Å². The fourth-order valence-electron chi connectivity index (χ4n) is 3.04. The largest absolute Gasteiger partial charge is 0.381 e. The smallest absolute Gasteiger partial charge is 0.0510 e. The molecule has 0 spiro atoms. The zero-order chi connectivity index (χ0) is 10.5. The van der Waals surface area contributed by atoms with Gasteiger partial charge >= 0.3 is 0 Å². The first kappa shape index (κ1) is 11.4. The van der Waals surface area contributed by atoms with Gasteiger partial charge in [0.2, 0.25) is 0 Å². The molecular formula is C12H24N2O. The fourth-order valence-corrected chi connectivity index (χ4v) is 3.04. The molecule has 1 saturated carbocycles. The summed E-state index contributed by atoms with van der Waals surface area (Å²) >= 11 is 0. The number of hydrogen-bond donors (Lipinski definition) is 2. The van der Waals surface area contributed by atoms with Crippen molar-refractivity contribution in [2.24, 2.45) is 17.7 Å². The molecule has 3 heteroatoms. The van der Waals surface area contributed by atoms with Crippen LogP contribution in [0.3, 0.4) is 0 Å². The van der Waals surface area contributed by atoms with Gasteiger partial charge in [-0.2, -0.15) is 0 Å². The Hall–Kier alpha value is -0.120. The Kier molecular flexibility index (Phi) is 4.42. The first-order chi connectivity index (χ1) is 7.40. The van der Waals surface area contributed by atoms with Crippen molar-refractivity contribution in [2.75, 3.05) is 13.2 Å². The van der Waals surface area contributed by atoms with Crippen molar-refractivity contribution in [3.05, 3.63) is 0 Å². The quantitative estimate of drug-likeness (QED) is 0.540. The Morgan fingerprint density at radius 3 is 2.67 bits per heavy atom. The zero-order valence-corrected chi connectivity index (χ0v) is 9.58. The Morgan fingerprint density at radius 2 is 2.07 bits per heavy atom. The van der Waals surface area contributed by atoms with Crippen molar-refractivity contribution in [3.8, 4) is 0 Å². The van der Waals surface area contributed by atoms with Gasteiger partial charge in [0.1, 0.15) is 0 Å². The number of nitrogens with two attached hydrogens (primary N) is 1. The molecule has 2 aliphatic rings. The first-order valence-electron chi connectivity index (χ1n) is 6.44. The van der Waals surface area contributed by atoms with Crippen molar-refractivity contribution in [2.45, 2.75) is 51.0 Å². The second-order valence-electron chi connectivity index (χ2n) is 5.12. The van der Waals surface area contributed by atoms with Gasteiger partial charge in [0.15, 0.2) is 0 Å². The average molecular weight is 212 g/mol. The zero-order valence-electron chi connectivity index (χ0n) is 9.58. The minimum absolute atomic E-state index is 0.480. The molecule has 0 aromatic carbocycles. The van der Waals surface area contributed by atoms with E-state index in [-0.39, 0.29) is 0 Å². The summed E-state index contributed by atoms with van der Waals surface area (Å²) in [5.41, 5.74) is 2.99. The molecule has 0 bridgehead atoms. The summed E-state index contributed by atoms with van der Waals surface area (Å²) < 4.78 is 5.42. The van der Waals surface area contributed by atoms with Crippen molar-refractivity contribution in [1.82, 2.24) is 5.43 Å². The Bertz CT molecular complexity index is 174. The van der Waals surface area contributed by atoms with Gasteiger partial charge in [-0.05, 0) is 25.2 Å². The van der Waals surface area contributed by atoms with E-state index in [1.165, 1.54) is 44.9 Å². The van der Waals surface area contributed by atoms with Crippen LogP contribution in [0.4, 0.5) is 0 Å². The summed E-state index contributed by atoms with van der Waals surface area (Å²) in [5.74, 6) is 7.26. The number of rotatable bonds is 5. The molecule has 2 rings (SSSR count). The van der Waals surface area contributed by atoms with Crippen molar-refractivity contribution < 1.29 is 4.74 Å². The van der Waals surface area contributed by atoms with E-state index in [0.29, 0.717) is 12.0 Å². The van der Waals surface area contributed by atoms with Gasteiger partial charge < -0.3 is 4.74 Å². The molecule has 15 heavy (non-hydrogen) atoms. The Morgan fingerprint density at radius 1 is 1.27 bits per heavy atom. The molecule has 0 aromatic rings. The standard InChI is InChI=1S/C12H24N2O/c13-14-12(11-7-8-15-9-11)6-5-10-3-1-2-4-10/h10-12,14H,1-9,13H2. The highest BCUT2D eigenvalue weighted by Crippen LogP contribution is 2.30. The number of nitrogens with one attached hydrogen (secondary N) is 1. The molecule has 0 radical (unpaired) electrons. The lowest BCUT2D eigenvalue weighted by Gasteiger charge is -2.22. The third kappa shape index (κ3) is 3.16.